The SMILES string of the molecule is CN(C)[C@@H](c1ccccc1P(C1CCCCC1)C1CCCCC1)C1C(P)=CC(C2CCCCC2)=C1C1CCCCC1. The third-order valence-electron chi connectivity index (χ3n) is 11.8. The number of hydrogen-bond acceptors (Lipinski definition) is 1. The molecule has 4 fully saturated rings. The maximum atomic E-state index is 3.31. The van der Waals surface area contributed by atoms with Gasteiger partial charge < -0.3 is 4.90 Å². The van der Waals surface area contributed by atoms with Crippen molar-refractivity contribution in [1.29, 1.82) is 0 Å². The molecule has 1 aromatic rings. The van der Waals surface area contributed by atoms with Crippen LogP contribution in [0.3, 0.4) is 0 Å². The van der Waals surface area contributed by atoms with Gasteiger partial charge in [-0.1, -0.05) is 121 Å². The second-order valence-electron chi connectivity index (χ2n) is 14.7. The molecule has 2 unspecified atom stereocenters. The first-order valence-electron chi connectivity index (χ1n) is 17.9. The standard InChI is InChI=1S/C38H59NP2/c1-39(2)38(37-34(40)27-33(28-17-7-3-8-18-28)36(37)29-19-9-4-10-20-29)32-25-15-16-26-35(32)41(30-21-11-5-12-22-30)31-23-13-6-14-24-31/h15-16,25-31,37-38H,3-14,17-24,40H2,1-2H3/t37?,38-/m0/s1. The molecule has 4 saturated carbocycles. The van der Waals surface area contributed by atoms with Crippen LogP contribution in [0.15, 0.2) is 46.8 Å². The quantitative estimate of drug-likeness (QED) is 0.272. The van der Waals surface area contributed by atoms with Crippen LogP contribution in [0.4, 0.5) is 0 Å². The van der Waals surface area contributed by atoms with E-state index in [1.807, 2.05) is 10.9 Å². The van der Waals surface area contributed by atoms with Crippen molar-refractivity contribution in [2.24, 2.45) is 17.8 Å². The van der Waals surface area contributed by atoms with Crippen LogP contribution in [0.1, 0.15) is 140 Å². The minimum absolute atomic E-state index is 0.120. The van der Waals surface area contributed by atoms with E-state index in [2.05, 4.69) is 58.6 Å². The van der Waals surface area contributed by atoms with Crippen molar-refractivity contribution in [3.05, 3.63) is 52.4 Å². The van der Waals surface area contributed by atoms with E-state index in [9.17, 15) is 0 Å². The average molecular weight is 592 g/mol. The Hall–Kier alpha value is -0.480. The summed E-state index contributed by atoms with van der Waals surface area (Å²) in [6.45, 7) is 0. The summed E-state index contributed by atoms with van der Waals surface area (Å²) in [5, 5.41) is 3.41. The Kier molecular flexibility index (Phi) is 10.8. The minimum Gasteiger partial charge on any atom is -0.301 e. The van der Waals surface area contributed by atoms with Gasteiger partial charge in [-0.25, -0.2) is 0 Å². The van der Waals surface area contributed by atoms with E-state index < -0.39 is 0 Å². The lowest BCUT2D eigenvalue weighted by Gasteiger charge is -2.43. The number of allylic oxidation sites excluding steroid dienone is 2. The zero-order valence-corrected chi connectivity index (χ0v) is 28.5. The highest BCUT2D eigenvalue weighted by Gasteiger charge is 2.42. The molecule has 6 rings (SSSR count). The maximum absolute atomic E-state index is 3.31. The highest BCUT2D eigenvalue weighted by molar-refractivity contribution is 7.67. The van der Waals surface area contributed by atoms with E-state index in [0.29, 0.717) is 12.0 Å². The van der Waals surface area contributed by atoms with Gasteiger partial charge in [-0.2, -0.15) is 0 Å². The van der Waals surface area contributed by atoms with Crippen LogP contribution in [0.2, 0.25) is 0 Å². The first kappa shape index (κ1) is 30.5. The Balaban J connectivity index is 1.43. The summed E-state index contributed by atoms with van der Waals surface area (Å²) in [7, 11) is 8.00. The highest BCUT2D eigenvalue weighted by Crippen LogP contribution is 2.58. The maximum Gasteiger partial charge on any atom is 0.0454 e. The predicted molar refractivity (Wildman–Crippen MR) is 185 cm³/mol. The van der Waals surface area contributed by atoms with E-state index in [1.54, 1.807) is 16.5 Å². The van der Waals surface area contributed by atoms with Gasteiger partial charge in [0.05, 0.1) is 0 Å². The summed E-state index contributed by atoms with van der Waals surface area (Å²) in [5.74, 6) is 2.14. The fourth-order valence-corrected chi connectivity index (χ4v) is 14.4. The molecule has 226 valence electrons. The topological polar surface area (TPSA) is 3.24 Å². The van der Waals surface area contributed by atoms with Gasteiger partial charge in [-0.05, 0) is 110 Å². The summed E-state index contributed by atoms with van der Waals surface area (Å²) < 4.78 is 0. The van der Waals surface area contributed by atoms with Crippen molar-refractivity contribution in [1.82, 2.24) is 4.90 Å². The molecule has 0 heterocycles. The van der Waals surface area contributed by atoms with Crippen molar-refractivity contribution in [2.75, 3.05) is 14.1 Å². The van der Waals surface area contributed by atoms with Gasteiger partial charge >= 0.3 is 0 Å². The third kappa shape index (κ3) is 6.79. The van der Waals surface area contributed by atoms with E-state index >= 15 is 0 Å². The Bertz CT molecular complexity index is 1030. The Morgan fingerprint density at radius 2 is 1.15 bits per heavy atom. The van der Waals surface area contributed by atoms with Gasteiger partial charge in [-0.3, -0.25) is 0 Å². The predicted octanol–water partition coefficient (Wildman–Crippen LogP) is 10.9. The molecular formula is C38H59NP2. The van der Waals surface area contributed by atoms with Crippen LogP contribution in [0.5, 0.6) is 0 Å². The summed E-state index contributed by atoms with van der Waals surface area (Å²) in [6.07, 6.45) is 31.8. The van der Waals surface area contributed by atoms with Crippen molar-refractivity contribution in [3.63, 3.8) is 0 Å². The van der Waals surface area contributed by atoms with Gasteiger partial charge in [0, 0.05) is 12.0 Å². The van der Waals surface area contributed by atoms with Crippen LogP contribution in [-0.4, -0.2) is 30.3 Å². The molecule has 0 saturated heterocycles. The van der Waals surface area contributed by atoms with Gasteiger partial charge in [-0.15, -0.1) is 9.24 Å². The Labute approximate surface area is 256 Å². The Morgan fingerprint density at radius 1 is 0.659 bits per heavy atom. The molecule has 0 radical (unpaired) electrons. The van der Waals surface area contributed by atoms with Crippen molar-refractivity contribution in [3.8, 4) is 0 Å². The molecule has 5 aliphatic carbocycles. The average Bonchev–Trinajstić information content (AvgIpc) is 3.36. The van der Waals surface area contributed by atoms with Gasteiger partial charge in [0.15, 0.2) is 0 Å². The summed E-state index contributed by atoms with van der Waals surface area (Å²) in [4.78, 5) is 2.64. The normalized spacial score (nSPS) is 27.1. The Morgan fingerprint density at radius 3 is 1.68 bits per heavy atom. The molecule has 5 aliphatic rings. The zero-order valence-electron chi connectivity index (χ0n) is 26.5. The van der Waals surface area contributed by atoms with Crippen LogP contribution in [0, 0.1) is 17.8 Å². The molecule has 0 aliphatic heterocycles. The summed E-state index contributed by atoms with van der Waals surface area (Å²) >= 11 is 0. The lowest BCUT2D eigenvalue weighted by Crippen LogP contribution is -2.35. The third-order valence-corrected chi connectivity index (χ3v) is 15.9. The molecule has 1 nitrogen and oxygen atoms in total. The molecule has 0 N–H and O–H groups in total. The largest absolute Gasteiger partial charge is 0.301 e. The highest BCUT2D eigenvalue weighted by atomic mass is 31.1. The van der Waals surface area contributed by atoms with Crippen molar-refractivity contribution < 1.29 is 0 Å². The smallest absolute Gasteiger partial charge is 0.0454 e. The van der Waals surface area contributed by atoms with Crippen LogP contribution in [0.25, 0.3) is 0 Å². The summed E-state index contributed by atoms with van der Waals surface area (Å²) in [6, 6.07) is 10.5. The first-order chi connectivity index (χ1) is 20.1. The first-order valence-corrected chi connectivity index (χ1v) is 19.9. The van der Waals surface area contributed by atoms with Crippen LogP contribution >= 0.6 is 17.2 Å². The molecule has 0 spiro atoms. The minimum atomic E-state index is -0.120. The second-order valence-corrected chi connectivity index (χ2v) is 18.1. The van der Waals surface area contributed by atoms with E-state index in [1.165, 1.54) is 128 Å². The fraction of sp³-hybridized carbons (Fsp3) is 0.737. The number of nitrogens with zero attached hydrogens (tertiary/aromatic N) is 1. The molecule has 41 heavy (non-hydrogen) atoms. The van der Waals surface area contributed by atoms with Crippen LogP contribution in [-0.2, 0) is 0 Å². The lowest BCUT2D eigenvalue weighted by molar-refractivity contribution is 0.242. The molecule has 0 aromatic heterocycles. The molecule has 3 heteroatoms. The van der Waals surface area contributed by atoms with Crippen LogP contribution < -0.4 is 5.30 Å². The number of hydrogen-bond donors (Lipinski definition) is 0. The lowest BCUT2D eigenvalue weighted by atomic mass is 9.72. The van der Waals surface area contributed by atoms with Gasteiger partial charge in [0.25, 0.3) is 0 Å². The summed E-state index contributed by atoms with van der Waals surface area (Å²) in [5.41, 5.74) is 7.31. The molecular weight excluding hydrogens is 532 g/mol. The molecule has 1 aromatic carbocycles. The van der Waals surface area contributed by atoms with E-state index in [0.717, 1.165) is 23.2 Å². The van der Waals surface area contributed by atoms with Gasteiger partial charge in [0.2, 0.25) is 0 Å². The number of rotatable bonds is 8. The van der Waals surface area contributed by atoms with E-state index in [-0.39, 0.29) is 7.92 Å². The fourth-order valence-electron chi connectivity index (χ4n) is 9.87. The zero-order chi connectivity index (χ0) is 28.2. The van der Waals surface area contributed by atoms with Crippen molar-refractivity contribution in [2.45, 2.75) is 146 Å². The monoisotopic (exact) mass is 591 g/mol. The molecule has 0 bridgehead atoms. The van der Waals surface area contributed by atoms with Gasteiger partial charge in [0.1, 0.15) is 0 Å². The molecule has 3 atom stereocenters. The van der Waals surface area contributed by atoms with Crippen molar-refractivity contribution >= 4 is 22.5 Å². The van der Waals surface area contributed by atoms with E-state index in [4.69, 9.17) is 0 Å². The molecule has 0 amide bonds. The second kappa shape index (κ2) is 14.5. The number of benzene rings is 1.